The van der Waals surface area contributed by atoms with E-state index in [4.69, 9.17) is 4.74 Å². The van der Waals surface area contributed by atoms with Crippen LogP contribution < -0.4 is 4.74 Å². The van der Waals surface area contributed by atoms with Gasteiger partial charge in [0.05, 0.1) is 24.7 Å². The van der Waals surface area contributed by atoms with Gasteiger partial charge in [-0.1, -0.05) is 12.8 Å². The first-order valence-corrected chi connectivity index (χ1v) is 8.89. The van der Waals surface area contributed by atoms with E-state index in [0.29, 0.717) is 42.1 Å². The summed E-state index contributed by atoms with van der Waals surface area (Å²) in [4.78, 5) is 19.3. The third-order valence-corrected chi connectivity index (χ3v) is 5.00. The summed E-state index contributed by atoms with van der Waals surface area (Å²) in [6, 6.07) is 1.71. The molecular formula is C19H25N3O3. The quantitative estimate of drug-likeness (QED) is 0.809. The highest BCUT2D eigenvalue weighted by Gasteiger charge is 2.30. The first-order valence-electron chi connectivity index (χ1n) is 8.89. The molecule has 0 radical (unpaired) electrons. The Morgan fingerprint density at radius 2 is 2.16 bits per heavy atom. The molecule has 2 atom stereocenters. The van der Waals surface area contributed by atoms with Gasteiger partial charge >= 0.3 is 0 Å². The Bertz CT molecular complexity index is 726. The number of aldehydes is 1. The molecule has 0 aliphatic heterocycles. The van der Waals surface area contributed by atoms with Crippen LogP contribution in [0.1, 0.15) is 67.5 Å². The molecule has 0 saturated heterocycles. The number of imidazole rings is 1. The molecule has 1 aliphatic rings. The monoisotopic (exact) mass is 343 g/mol. The van der Waals surface area contributed by atoms with E-state index in [0.717, 1.165) is 12.8 Å². The van der Waals surface area contributed by atoms with Gasteiger partial charge in [0, 0.05) is 35.8 Å². The smallest absolute Gasteiger partial charge is 0.211 e. The molecule has 6 heteroatoms. The minimum Gasteiger partial charge on any atom is -0.493 e. The number of carbonyl (C=O) groups is 1. The van der Waals surface area contributed by atoms with Crippen molar-refractivity contribution in [1.29, 1.82) is 0 Å². The SMILES string of the molecule is CC(C)n1cncc1C1CCCCC1COc1cnc(O)cc1C=O. The molecule has 6 nitrogen and oxygen atoms in total. The summed E-state index contributed by atoms with van der Waals surface area (Å²) in [6.07, 6.45) is 10.6. The van der Waals surface area contributed by atoms with Crippen LogP contribution in [0.3, 0.4) is 0 Å². The third-order valence-electron chi connectivity index (χ3n) is 5.00. The summed E-state index contributed by atoms with van der Waals surface area (Å²) >= 11 is 0. The molecule has 0 spiro atoms. The minimum absolute atomic E-state index is 0.175. The Hall–Kier alpha value is -2.37. The summed E-state index contributed by atoms with van der Waals surface area (Å²) in [7, 11) is 0. The number of rotatable bonds is 6. The number of pyridine rings is 1. The normalized spacial score (nSPS) is 20.6. The average molecular weight is 343 g/mol. The standard InChI is InChI=1S/C19H25N3O3/c1-13(2)22-12-20-8-17(22)16-6-4-3-5-14(16)11-25-18-9-21-19(24)7-15(18)10-23/h7-10,12-14,16H,3-6,11H2,1-2H3,(H,21,24). The van der Waals surface area contributed by atoms with Crippen molar-refractivity contribution in [2.75, 3.05) is 6.61 Å². The lowest BCUT2D eigenvalue weighted by Crippen LogP contribution is -2.26. The Labute approximate surface area is 147 Å². The van der Waals surface area contributed by atoms with Gasteiger partial charge in [-0.15, -0.1) is 0 Å². The van der Waals surface area contributed by atoms with Gasteiger partial charge in [0.25, 0.3) is 0 Å². The highest BCUT2D eigenvalue weighted by atomic mass is 16.5. The molecule has 0 bridgehead atoms. The second-order valence-corrected chi connectivity index (χ2v) is 6.98. The zero-order chi connectivity index (χ0) is 17.8. The fraction of sp³-hybridized carbons (Fsp3) is 0.526. The molecule has 1 N–H and O–H groups in total. The Morgan fingerprint density at radius 1 is 1.36 bits per heavy atom. The van der Waals surface area contributed by atoms with Crippen molar-refractivity contribution in [1.82, 2.24) is 14.5 Å². The number of carbonyl (C=O) groups excluding carboxylic acids is 1. The Morgan fingerprint density at radius 3 is 2.92 bits per heavy atom. The summed E-state index contributed by atoms with van der Waals surface area (Å²) in [5.41, 5.74) is 1.59. The van der Waals surface area contributed by atoms with Gasteiger partial charge < -0.3 is 14.4 Å². The third kappa shape index (κ3) is 3.83. The summed E-state index contributed by atoms with van der Waals surface area (Å²) < 4.78 is 8.15. The van der Waals surface area contributed by atoms with Gasteiger partial charge in [0.1, 0.15) is 5.75 Å². The molecular weight excluding hydrogens is 318 g/mol. The van der Waals surface area contributed by atoms with Crippen molar-refractivity contribution in [3.05, 3.63) is 36.0 Å². The van der Waals surface area contributed by atoms with Crippen LogP contribution in [0.4, 0.5) is 0 Å². The van der Waals surface area contributed by atoms with Gasteiger partial charge in [-0.25, -0.2) is 9.97 Å². The van der Waals surface area contributed by atoms with Crippen molar-refractivity contribution in [2.45, 2.75) is 51.5 Å². The number of nitrogens with zero attached hydrogens (tertiary/aromatic N) is 3. The average Bonchev–Trinajstić information content (AvgIpc) is 3.10. The van der Waals surface area contributed by atoms with Crippen molar-refractivity contribution in [3.8, 4) is 11.6 Å². The molecule has 2 heterocycles. The van der Waals surface area contributed by atoms with Crippen LogP contribution in [-0.2, 0) is 0 Å². The number of aromatic nitrogens is 3. The minimum atomic E-state index is -0.175. The van der Waals surface area contributed by atoms with Crippen LogP contribution in [0.5, 0.6) is 11.6 Å². The lowest BCUT2D eigenvalue weighted by Gasteiger charge is -2.32. The maximum absolute atomic E-state index is 11.2. The molecule has 1 fully saturated rings. The molecule has 25 heavy (non-hydrogen) atoms. The van der Waals surface area contributed by atoms with E-state index in [9.17, 15) is 9.90 Å². The van der Waals surface area contributed by atoms with E-state index in [1.54, 1.807) is 0 Å². The molecule has 3 rings (SSSR count). The van der Waals surface area contributed by atoms with Gasteiger partial charge in [-0.05, 0) is 26.7 Å². The van der Waals surface area contributed by atoms with Crippen molar-refractivity contribution in [2.24, 2.45) is 5.92 Å². The first-order chi connectivity index (χ1) is 12.1. The molecule has 0 aromatic carbocycles. The van der Waals surface area contributed by atoms with E-state index in [1.165, 1.54) is 30.8 Å². The Kier molecular flexibility index (Phi) is 5.36. The first kappa shape index (κ1) is 17.5. The molecule has 0 amide bonds. The molecule has 1 saturated carbocycles. The molecule has 2 aromatic heterocycles. The van der Waals surface area contributed by atoms with Gasteiger partial charge in [-0.3, -0.25) is 4.79 Å². The topological polar surface area (TPSA) is 77.2 Å². The predicted octanol–water partition coefficient (Wildman–Crippen LogP) is 3.73. The van der Waals surface area contributed by atoms with Crippen molar-refractivity contribution >= 4 is 6.29 Å². The second kappa shape index (κ2) is 7.68. The summed E-state index contributed by atoms with van der Waals surface area (Å²) in [5.74, 6) is 1.03. The maximum Gasteiger partial charge on any atom is 0.211 e. The van der Waals surface area contributed by atoms with Crippen LogP contribution >= 0.6 is 0 Å². The summed E-state index contributed by atoms with van der Waals surface area (Å²) in [5, 5.41) is 9.40. The van der Waals surface area contributed by atoms with E-state index >= 15 is 0 Å². The number of aromatic hydroxyl groups is 1. The largest absolute Gasteiger partial charge is 0.493 e. The van der Waals surface area contributed by atoms with Crippen LogP contribution in [0.25, 0.3) is 0 Å². The van der Waals surface area contributed by atoms with E-state index < -0.39 is 0 Å². The number of hydrogen-bond donors (Lipinski definition) is 1. The second-order valence-electron chi connectivity index (χ2n) is 6.98. The van der Waals surface area contributed by atoms with Gasteiger partial charge in [0.15, 0.2) is 6.29 Å². The van der Waals surface area contributed by atoms with Crippen molar-refractivity contribution < 1.29 is 14.6 Å². The molecule has 2 aromatic rings. The molecule has 2 unspecified atom stereocenters. The van der Waals surface area contributed by atoms with Crippen LogP contribution in [0.2, 0.25) is 0 Å². The number of hydrogen-bond acceptors (Lipinski definition) is 5. The predicted molar refractivity (Wildman–Crippen MR) is 94.1 cm³/mol. The van der Waals surface area contributed by atoms with E-state index in [2.05, 4.69) is 28.4 Å². The van der Waals surface area contributed by atoms with Gasteiger partial charge in [-0.2, -0.15) is 0 Å². The van der Waals surface area contributed by atoms with Crippen LogP contribution in [-0.4, -0.2) is 32.5 Å². The fourth-order valence-corrected chi connectivity index (χ4v) is 3.69. The van der Waals surface area contributed by atoms with Gasteiger partial charge in [0.2, 0.25) is 5.88 Å². The van der Waals surface area contributed by atoms with Crippen LogP contribution in [0.15, 0.2) is 24.8 Å². The Balaban J connectivity index is 1.76. The number of ether oxygens (including phenoxy) is 1. The lowest BCUT2D eigenvalue weighted by atomic mass is 9.78. The fourth-order valence-electron chi connectivity index (χ4n) is 3.69. The highest BCUT2D eigenvalue weighted by Crippen LogP contribution is 2.39. The summed E-state index contributed by atoms with van der Waals surface area (Å²) in [6.45, 7) is 4.86. The molecule has 1 aliphatic carbocycles. The maximum atomic E-state index is 11.2. The van der Waals surface area contributed by atoms with Crippen molar-refractivity contribution in [3.63, 3.8) is 0 Å². The lowest BCUT2D eigenvalue weighted by molar-refractivity contribution is 0.111. The highest BCUT2D eigenvalue weighted by molar-refractivity contribution is 5.79. The zero-order valence-corrected chi connectivity index (χ0v) is 14.8. The zero-order valence-electron chi connectivity index (χ0n) is 14.8. The molecule has 134 valence electrons. The van der Waals surface area contributed by atoms with E-state index in [1.807, 2.05) is 12.5 Å². The van der Waals surface area contributed by atoms with E-state index in [-0.39, 0.29) is 5.88 Å². The van der Waals surface area contributed by atoms with Crippen LogP contribution in [0, 0.1) is 5.92 Å².